The van der Waals surface area contributed by atoms with Crippen molar-refractivity contribution in [3.8, 4) is 10.6 Å². The van der Waals surface area contributed by atoms with Crippen molar-refractivity contribution in [1.82, 2.24) is 15.0 Å². The molecule has 0 amide bonds. The Morgan fingerprint density at radius 1 is 1.25 bits per heavy atom. The van der Waals surface area contributed by atoms with Crippen LogP contribution in [-0.4, -0.2) is 60.7 Å². The smallest absolute Gasteiger partial charge is 0.264 e. The second-order valence-electron chi connectivity index (χ2n) is 8.94. The minimum atomic E-state index is -1.50. The summed E-state index contributed by atoms with van der Waals surface area (Å²) in [5.74, 6) is 0.192. The van der Waals surface area contributed by atoms with Crippen molar-refractivity contribution in [1.29, 1.82) is 0 Å². The van der Waals surface area contributed by atoms with Gasteiger partial charge in [0, 0.05) is 18.6 Å². The van der Waals surface area contributed by atoms with Gasteiger partial charge in [-0.15, -0.1) is 11.3 Å². The van der Waals surface area contributed by atoms with Crippen LogP contribution in [0.5, 0.6) is 0 Å². The van der Waals surface area contributed by atoms with Crippen molar-refractivity contribution < 1.29 is 15.3 Å². The molecule has 2 saturated carbocycles. The summed E-state index contributed by atoms with van der Waals surface area (Å²) in [6, 6.07) is 7.32. The molecule has 2 heterocycles. The SMILES string of the molecule is C[C@@]1(O)[C@H](O)[C@@H](CO)C[C@H]1Nc1nc(NC2CCC2)[nH]c(=O)c1-c1nc2ccccc2s1. The lowest BCUT2D eigenvalue weighted by Crippen LogP contribution is -2.48. The molecule has 0 bridgehead atoms. The number of aromatic amines is 1. The zero-order valence-electron chi connectivity index (χ0n) is 17.7. The fourth-order valence-electron chi connectivity index (χ4n) is 4.47. The minimum Gasteiger partial charge on any atom is -0.396 e. The lowest BCUT2D eigenvalue weighted by Gasteiger charge is -2.30. The summed E-state index contributed by atoms with van der Waals surface area (Å²) < 4.78 is 0.952. The van der Waals surface area contributed by atoms with E-state index in [1.165, 1.54) is 18.3 Å². The van der Waals surface area contributed by atoms with E-state index >= 15 is 0 Å². The number of hydrogen-bond donors (Lipinski definition) is 6. The number of benzene rings is 1. The van der Waals surface area contributed by atoms with Crippen molar-refractivity contribution in [3.63, 3.8) is 0 Å². The first-order chi connectivity index (χ1) is 15.4. The Bertz CT molecular complexity index is 1160. The number of hydrogen-bond acceptors (Lipinski definition) is 9. The van der Waals surface area contributed by atoms with E-state index in [1.807, 2.05) is 24.3 Å². The maximum absolute atomic E-state index is 13.2. The molecule has 1 aromatic carbocycles. The molecule has 6 N–H and O–H groups in total. The molecular weight excluding hydrogens is 430 g/mol. The number of rotatable bonds is 6. The quantitative estimate of drug-likeness (QED) is 0.329. The fourth-order valence-corrected chi connectivity index (χ4v) is 5.48. The third-order valence-electron chi connectivity index (χ3n) is 6.71. The second kappa shape index (κ2) is 8.11. The maximum Gasteiger partial charge on any atom is 0.264 e. The molecular formula is C22H27N5O4S. The van der Waals surface area contributed by atoms with Gasteiger partial charge in [0.2, 0.25) is 5.95 Å². The van der Waals surface area contributed by atoms with Crippen LogP contribution in [-0.2, 0) is 0 Å². The van der Waals surface area contributed by atoms with E-state index in [0.29, 0.717) is 28.8 Å². The van der Waals surface area contributed by atoms with Crippen molar-refractivity contribution in [2.45, 2.75) is 56.4 Å². The molecule has 0 spiro atoms. The highest BCUT2D eigenvalue weighted by Gasteiger charge is 2.50. The van der Waals surface area contributed by atoms with E-state index in [0.717, 1.165) is 29.5 Å². The van der Waals surface area contributed by atoms with Gasteiger partial charge in [0.05, 0.1) is 22.4 Å². The first kappa shape index (κ1) is 21.3. The number of aliphatic hydroxyl groups excluding tert-OH is 2. The van der Waals surface area contributed by atoms with E-state index in [-0.39, 0.29) is 18.2 Å². The molecule has 170 valence electrons. The Hall–Kier alpha value is -2.53. The Balaban J connectivity index is 1.57. The molecule has 3 aromatic rings. The molecule has 5 rings (SSSR count). The number of H-pyrrole nitrogens is 1. The molecule has 0 unspecified atom stereocenters. The Morgan fingerprint density at radius 2 is 2.03 bits per heavy atom. The summed E-state index contributed by atoms with van der Waals surface area (Å²) in [6.45, 7) is 1.29. The van der Waals surface area contributed by atoms with Crippen LogP contribution in [0.2, 0.25) is 0 Å². The zero-order chi connectivity index (χ0) is 22.5. The van der Waals surface area contributed by atoms with Crippen LogP contribution in [0, 0.1) is 5.92 Å². The van der Waals surface area contributed by atoms with Gasteiger partial charge in [-0.25, -0.2) is 4.98 Å². The number of fused-ring (bicyclic) bond motifs is 1. The fraction of sp³-hybridized carbons (Fsp3) is 0.500. The number of thiazole rings is 1. The highest BCUT2D eigenvalue weighted by Crippen LogP contribution is 2.39. The summed E-state index contributed by atoms with van der Waals surface area (Å²) in [5.41, 5.74) is -0.745. The molecule has 2 aromatic heterocycles. The molecule has 0 aliphatic heterocycles. The lowest BCUT2D eigenvalue weighted by molar-refractivity contribution is -0.0647. The maximum atomic E-state index is 13.2. The van der Waals surface area contributed by atoms with Crippen molar-refractivity contribution in [2.24, 2.45) is 5.92 Å². The Morgan fingerprint density at radius 3 is 2.69 bits per heavy atom. The van der Waals surface area contributed by atoms with E-state index in [2.05, 4.69) is 25.6 Å². The van der Waals surface area contributed by atoms with Crippen LogP contribution in [0.3, 0.4) is 0 Å². The molecule has 0 saturated heterocycles. The van der Waals surface area contributed by atoms with Crippen LogP contribution in [0.4, 0.5) is 11.8 Å². The van der Waals surface area contributed by atoms with Gasteiger partial charge >= 0.3 is 0 Å². The number of anilines is 2. The molecule has 4 atom stereocenters. The van der Waals surface area contributed by atoms with Gasteiger partial charge in [-0.1, -0.05) is 12.1 Å². The average Bonchev–Trinajstić information content (AvgIpc) is 3.24. The highest BCUT2D eigenvalue weighted by molar-refractivity contribution is 7.21. The standard InChI is InChI=1S/C22H27N5O4S/c1-22(31)15(9-11(10-28)17(22)29)25-18-16(20-24-13-7-2-3-8-14(13)32-20)19(30)27-21(26-18)23-12-5-4-6-12/h2-3,7-8,11-12,15,17,28-29,31H,4-6,9-10H2,1H3,(H3,23,25,26,27,30)/t11-,15-,17-,22+/m1/s1. The first-order valence-corrected chi connectivity index (χ1v) is 11.7. The van der Waals surface area contributed by atoms with Crippen molar-refractivity contribution in [3.05, 3.63) is 34.6 Å². The van der Waals surface area contributed by atoms with Crippen LogP contribution >= 0.6 is 11.3 Å². The highest BCUT2D eigenvalue weighted by atomic mass is 32.1. The zero-order valence-corrected chi connectivity index (χ0v) is 18.5. The van der Waals surface area contributed by atoms with E-state index in [4.69, 9.17) is 0 Å². The van der Waals surface area contributed by atoms with Gasteiger partial charge in [-0.05, 0) is 44.7 Å². The van der Waals surface area contributed by atoms with Crippen LogP contribution < -0.4 is 16.2 Å². The summed E-state index contributed by atoms with van der Waals surface area (Å²) in [6.07, 6.45) is 2.43. The topological polar surface area (TPSA) is 143 Å². The molecule has 0 radical (unpaired) electrons. The number of aromatic nitrogens is 3. The van der Waals surface area contributed by atoms with Gasteiger partial charge in [0.1, 0.15) is 22.0 Å². The van der Waals surface area contributed by atoms with Crippen molar-refractivity contribution in [2.75, 3.05) is 17.2 Å². The number of nitrogens with zero attached hydrogens (tertiary/aromatic N) is 2. The molecule has 9 nitrogen and oxygen atoms in total. The van der Waals surface area contributed by atoms with E-state index < -0.39 is 23.7 Å². The van der Waals surface area contributed by atoms with Gasteiger partial charge in [0.25, 0.3) is 5.56 Å². The molecule has 10 heteroatoms. The number of aliphatic hydroxyl groups is 3. The number of nitrogens with one attached hydrogen (secondary N) is 3. The molecule has 2 aliphatic rings. The first-order valence-electron chi connectivity index (χ1n) is 10.9. The van der Waals surface area contributed by atoms with Crippen LogP contribution in [0.25, 0.3) is 20.8 Å². The van der Waals surface area contributed by atoms with Gasteiger partial charge in [-0.2, -0.15) is 4.98 Å². The normalized spacial score (nSPS) is 28.1. The third kappa shape index (κ3) is 3.66. The Kier molecular flexibility index (Phi) is 5.40. The second-order valence-corrected chi connectivity index (χ2v) is 9.97. The largest absolute Gasteiger partial charge is 0.396 e. The number of para-hydroxylation sites is 1. The summed E-state index contributed by atoms with van der Waals surface area (Å²) in [7, 11) is 0. The summed E-state index contributed by atoms with van der Waals surface area (Å²) in [4.78, 5) is 25.3. The van der Waals surface area contributed by atoms with E-state index in [1.54, 1.807) is 0 Å². The monoisotopic (exact) mass is 457 g/mol. The van der Waals surface area contributed by atoms with Crippen LogP contribution in [0.15, 0.2) is 29.1 Å². The van der Waals surface area contributed by atoms with Gasteiger partial charge in [-0.3, -0.25) is 9.78 Å². The predicted molar refractivity (Wildman–Crippen MR) is 124 cm³/mol. The minimum absolute atomic E-state index is 0.239. The van der Waals surface area contributed by atoms with Gasteiger partial charge < -0.3 is 26.0 Å². The average molecular weight is 458 g/mol. The van der Waals surface area contributed by atoms with Crippen molar-refractivity contribution >= 4 is 33.3 Å². The summed E-state index contributed by atoms with van der Waals surface area (Å²) in [5, 5.41) is 38.0. The van der Waals surface area contributed by atoms with Gasteiger partial charge in [0.15, 0.2) is 0 Å². The Labute approximate surface area is 188 Å². The van der Waals surface area contributed by atoms with E-state index in [9.17, 15) is 20.1 Å². The molecule has 2 aliphatic carbocycles. The summed E-state index contributed by atoms with van der Waals surface area (Å²) >= 11 is 1.39. The lowest BCUT2D eigenvalue weighted by atomic mass is 9.93. The molecule has 32 heavy (non-hydrogen) atoms. The molecule has 2 fully saturated rings. The predicted octanol–water partition coefficient (Wildman–Crippen LogP) is 1.92. The third-order valence-corrected chi connectivity index (χ3v) is 7.76. The van der Waals surface area contributed by atoms with Crippen LogP contribution in [0.1, 0.15) is 32.6 Å².